The molecule has 3 rings (SSSR count). The molecule has 0 spiro atoms. The highest BCUT2D eigenvalue weighted by atomic mass is 79.9. The van der Waals surface area contributed by atoms with E-state index in [0.29, 0.717) is 28.1 Å². The topological polar surface area (TPSA) is 49.4 Å². The number of nitrogens with zero attached hydrogens (tertiary/aromatic N) is 1. The Hall–Kier alpha value is -1.20. The number of carbonyl (C=O) groups excluding carboxylic acids is 2. The molecule has 2 amide bonds. The zero-order valence-corrected chi connectivity index (χ0v) is 12.8. The van der Waals surface area contributed by atoms with Crippen LogP contribution in [-0.4, -0.2) is 36.3 Å². The van der Waals surface area contributed by atoms with Crippen LogP contribution in [0.3, 0.4) is 0 Å². The number of halogens is 1. The Kier molecular flexibility index (Phi) is 3.89. The highest BCUT2D eigenvalue weighted by Crippen LogP contribution is 2.30. The monoisotopic (exact) mass is 336 g/mol. The highest BCUT2D eigenvalue weighted by molar-refractivity contribution is 9.10. The number of rotatable bonds is 3. The summed E-state index contributed by atoms with van der Waals surface area (Å²) in [5.74, 6) is 0.302. The molecule has 2 heterocycles. The Morgan fingerprint density at radius 2 is 1.95 bits per heavy atom. The smallest absolute Gasteiger partial charge is 0.262 e. The van der Waals surface area contributed by atoms with Crippen LogP contribution in [0, 0.1) is 5.92 Å². The molecular weight excluding hydrogens is 320 g/mol. The van der Waals surface area contributed by atoms with Crippen molar-refractivity contribution in [2.45, 2.75) is 19.3 Å². The van der Waals surface area contributed by atoms with Crippen LogP contribution in [0.1, 0.15) is 40.0 Å². The molecule has 0 atom stereocenters. The van der Waals surface area contributed by atoms with Crippen LogP contribution < -0.4 is 5.32 Å². The molecule has 0 saturated carbocycles. The van der Waals surface area contributed by atoms with Crippen molar-refractivity contribution in [3.8, 4) is 0 Å². The lowest BCUT2D eigenvalue weighted by atomic mass is 9.94. The molecule has 0 aromatic heterocycles. The Morgan fingerprint density at radius 1 is 1.20 bits per heavy atom. The van der Waals surface area contributed by atoms with E-state index in [1.165, 1.54) is 4.90 Å². The standard InChI is InChI=1S/C15H17BrN2O2/c16-12-3-1-2-11-13(12)15(20)18(14(11)19)9-6-10-4-7-17-8-5-10/h1-3,10,17H,4-9H2. The first-order chi connectivity index (χ1) is 9.68. The number of carbonyl (C=O) groups is 2. The first-order valence-electron chi connectivity index (χ1n) is 7.04. The maximum Gasteiger partial charge on any atom is 0.262 e. The Bertz CT molecular complexity index is 553. The molecule has 2 aliphatic heterocycles. The van der Waals surface area contributed by atoms with Crippen molar-refractivity contribution in [3.05, 3.63) is 33.8 Å². The van der Waals surface area contributed by atoms with Crippen molar-refractivity contribution >= 4 is 27.7 Å². The second-order valence-corrected chi connectivity index (χ2v) is 6.26. The molecule has 1 saturated heterocycles. The Balaban J connectivity index is 1.71. The van der Waals surface area contributed by atoms with Gasteiger partial charge < -0.3 is 5.32 Å². The Labute approximate surface area is 126 Å². The number of benzene rings is 1. The molecule has 1 fully saturated rings. The van der Waals surface area contributed by atoms with Crippen molar-refractivity contribution in [2.24, 2.45) is 5.92 Å². The molecule has 0 unspecified atom stereocenters. The van der Waals surface area contributed by atoms with Gasteiger partial charge in [0.05, 0.1) is 11.1 Å². The summed E-state index contributed by atoms with van der Waals surface area (Å²) in [6.07, 6.45) is 3.17. The fourth-order valence-electron chi connectivity index (χ4n) is 2.98. The van der Waals surface area contributed by atoms with Crippen LogP contribution in [0.25, 0.3) is 0 Å². The SMILES string of the molecule is O=C1c2cccc(Br)c2C(=O)N1CCC1CCNCC1. The lowest BCUT2D eigenvalue weighted by molar-refractivity contribution is 0.0642. The van der Waals surface area contributed by atoms with Crippen molar-refractivity contribution in [1.29, 1.82) is 0 Å². The summed E-state index contributed by atoms with van der Waals surface area (Å²) in [6, 6.07) is 5.33. The van der Waals surface area contributed by atoms with Gasteiger partial charge in [-0.25, -0.2) is 0 Å². The average Bonchev–Trinajstić information content (AvgIpc) is 2.71. The van der Waals surface area contributed by atoms with Crippen molar-refractivity contribution < 1.29 is 9.59 Å². The average molecular weight is 337 g/mol. The van der Waals surface area contributed by atoms with Gasteiger partial charge in [0.15, 0.2) is 0 Å². The van der Waals surface area contributed by atoms with E-state index in [9.17, 15) is 9.59 Å². The molecular formula is C15H17BrN2O2. The van der Waals surface area contributed by atoms with Crippen molar-refractivity contribution in [1.82, 2.24) is 10.2 Å². The van der Waals surface area contributed by atoms with Gasteiger partial charge in [0, 0.05) is 11.0 Å². The molecule has 5 heteroatoms. The van der Waals surface area contributed by atoms with Crippen LogP contribution in [-0.2, 0) is 0 Å². The summed E-state index contributed by atoms with van der Waals surface area (Å²) >= 11 is 3.36. The number of amides is 2. The van der Waals surface area contributed by atoms with Crippen molar-refractivity contribution in [3.63, 3.8) is 0 Å². The van der Waals surface area contributed by atoms with E-state index in [-0.39, 0.29) is 11.8 Å². The molecule has 4 nitrogen and oxygen atoms in total. The molecule has 0 bridgehead atoms. The first kappa shape index (κ1) is 13.8. The van der Waals surface area contributed by atoms with E-state index in [2.05, 4.69) is 21.2 Å². The summed E-state index contributed by atoms with van der Waals surface area (Å²) in [7, 11) is 0. The Morgan fingerprint density at radius 3 is 2.65 bits per heavy atom. The minimum atomic E-state index is -0.161. The number of imide groups is 1. The largest absolute Gasteiger partial charge is 0.317 e. The van der Waals surface area contributed by atoms with Gasteiger partial charge in [-0.15, -0.1) is 0 Å². The fraction of sp³-hybridized carbons (Fsp3) is 0.467. The van der Waals surface area contributed by atoms with Crippen LogP contribution in [0.5, 0.6) is 0 Å². The highest BCUT2D eigenvalue weighted by Gasteiger charge is 2.36. The van der Waals surface area contributed by atoms with Gasteiger partial charge >= 0.3 is 0 Å². The molecule has 106 valence electrons. The first-order valence-corrected chi connectivity index (χ1v) is 7.83. The number of hydrogen-bond acceptors (Lipinski definition) is 3. The van der Waals surface area contributed by atoms with Crippen LogP contribution in [0.15, 0.2) is 22.7 Å². The zero-order chi connectivity index (χ0) is 14.1. The molecule has 2 aliphatic rings. The van der Waals surface area contributed by atoms with E-state index in [4.69, 9.17) is 0 Å². The lowest BCUT2D eigenvalue weighted by Crippen LogP contribution is -2.34. The summed E-state index contributed by atoms with van der Waals surface area (Å²) in [4.78, 5) is 26.1. The number of fused-ring (bicyclic) bond motifs is 1. The van der Waals surface area contributed by atoms with Gasteiger partial charge in [-0.05, 0) is 66.3 Å². The predicted molar refractivity (Wildman–Crippen MR) is 79.7 cm³/mol. The quantitative estimate of drug-likeness (QED) is 0.862. The van der Waals surface area contributed by atoms with E-state index >= 15 is 0 Å². The molecule has 0 radical (unpaired) electrons. The van der Waals surface area contributed by atoms with E-state index < -0.39 is 0 Å². The van der Waals surface area contributed by atoms with E-state index in [1.807, 2.05) is 0 Å². The van der Waals surface area contributed by atoms with Gasteiger partial charge in [0.2, 0.25) is 0 Å². The van der Waals surface area contributed by atoms with Crippen molar-refractivity contribution in [2.75, 3.05) is 19.6 Å². The summed E-state index contributed by atoms with van der Waals surface area (Å²) in [5.41, 5.74) is 1.04. The number of nitrogens with one attached hydrogen (secondary N) is 1. The van der Waals surface area contributed by atoms with Gasteiger partial charge in [-0.1, -0.05) is 6.07 Å². The summed E-state index contributed by atoms with van der Waals surface area (Å²) < 4.78 is 0.706. The fourth-order valence-corrected chi connectivity index (χ4v) is 3.51. The molecule has 1 aromatic carbocycles. The molecule has 20 heavy (non-hydrogen) atoms. The maximum atomic E-state index is 12.4. The summed E-state index contributed by atoms with van der Waals surface area (Å²) in [5, 5.41) is 3.33. The van der Waals surface area contributed by atoms with Gasteiger partial charge in [-0.2, -0.15) is 0 Å². The van der Waals surface area contributed by atoms with E-state index in [1.54, 1.807) is 18.2 Å². The maximum absolute atomic E-state index is 12.4. The minimum Gasteiger partial charge on any atom is -0.317 e. The van der Waals surface area contributed by atoms with Crippen LogP contribution in [0.2, 0.25) is 0 Å². The minimum absolute atomic E-state index is 0.153. The third-order valence-electron chi connectivity index (χ3n) is 4.17. The van der Waals surface area contributed by atoms with Gasteiger partial charge in [-0.3, -0.25) is 14.5 Å². The van der Waals surface area contributed by atoms with Gasteiger partial charge in [0.1, 0.15) is 0 Å². The van der Waals surface area contributed by atoms with Crippen LogP contribution in [0.4, 0.5) is 0 Å². The third kappa shape index (κ3) is 2.40. The second-order valence-electron chi connectivity index (χ2n) is 5.41. The second kappa shape index (κ2) is 5.66. The lowest BCUT2D eigenvalue weighted by Gasteiger charge is -2.24. The number of piperidine rings is 1. The van der Waals surface area contributed by atoms with E-state index in [0.717, 1.165) is 32.4 Å². The normalized spacial score (nSPS) is 19.6. The molecule has 1 N–H and O–H groups in total. The predicted octanol–water partition coefficient (Wildman–Crippen LogP) is 2.43. The molecule has 0 aliphatic carbocycles. The number of hydrogen-bond donors (Lipinski definition) is 1. The van der Waals surface area contributed by atoms with Crippen LogP contribution >= 0.6 is 15.9 Å². The third-order valence-corrected chi connectivity index (χ3v) is 4.83. The zero-order valence-electron chi connectivity index (χ0n) is 11.2. The molecule has 1 aromatic rings. The summed E-state index contributed by atoms with van der Waals surface area (Å²) in [6.45, 7) is 2.61. The van der Waals surface area contributed by atoms with Gasteiger partial charge in [0.25, 0.3) is 11.8 Å².